The number of esters is 2. The van der Waals surface area contributed by atoms with Crippen LogP contribution >= 0.6 is 0 Å². The molecule has 3 aromatic carbocycles. The number of ether oxygens (including phenoxy) is 2. The van der Waals surface area contributed by atoms with Gasteiger partial charge >= 0.3 is 24.1 Å². The molecular formula is C30H29F3N2O5. The fraction of sp³-hybridized carbons (Fsp3) is 0.300. The van der Waals surface area contributed by atoms with Crippen LogP contribution in [0.1, 0.15) is 23.6 Å². The Hall–Kier alpha value is -4.34. The minimum atomic E-state index is -5.26. The zero-order valence-electron chi connectivity index (χ0n) is 21.7. The van der Waals surface area contributed by atoms with E-state index in [0.717, 1.165) is 11.1 Å². The summed E-state index contributed by atoms with van der Waals surface area (Å²) < 4.78 is 50.6. The van der Waals surface area contributed by atoms with Crippen LogP contribution in [0.4, 0.5) is 18.0 Å². The quantitative estimate of drug-likeness (QED) is 0.383. The lowest BCUT2D eigenvalue weighted by molar-refractivity contribution is -0.208. The summed E-state index contributed by atoms with van der Waals surface area (Å²) in [6, 6.07) is 24.2. The lowest BCUT2D eigenvalue weighted by Gasteiger charge is -2.47. The molecule has 0 unspecified atom stereocenters. The molecule has 4 rings (SSSR count). The van der Waals surface area contributed by atoms with Crippen LogP contribution in [0, 0.1) is 0 Å². The summed E-state index contributed by atoms with van der Waals surface area (Å²) in [7, 11) is 0. The molecule has 1 heterocycles. The Kier molecular flexibility index (Phi) is 9.08. The van der Waals surface area contributed by atoms with Crippen LogP contribution in [0.15, 0.2) is 91.0 Å². The normalized spacial score (nSPS) is 19.9. The number of amides is 2. The Morgan fingerprint density at radius 2 is 1.40 bits per heavy atom. The molecule has 1 aliphatic heterocycles. The molecule has 7 nitrogen and oxygen atoms in total. The van der Waals surface area contributed by atoms with Crippen LogP contribution in [0.25, 0.3) is 0 Å². The van der Waals surface area contributed by atoms with Crippen LogP contribution in [0.2, 0.25) is 0 Å². The van der Waals surface area contributed by atoms with Crippen LogP contribution in [-0.2, 0) is 38.4 Å². The second-order valence-corrected chi connectivity index (χ2v) is 9.55. The number of benzene rings is 3. The van der Waals surface area contributed by atoms with Gasteiger partial charge in [-0.1, -0.05) is 91.0 Å². The predicted molar refractivity (Wildman–Crippen MR) is 140 cm³/mol. The highest BCUT2D eigenvalue weighted by molar-refractivity contribution is 5.78. The third-order valence-electron chi connectivity index (χ3n) is 6.64. The molecule has 40 heavy (non-hydrogen) atoms. The molecule has 210 valence electrons. The van der Waals surface area contributed by atoms with Crippen molar-refractivity contribution in [2.45, 2.75) is 56.8 Å². The van der Waals surface area contributed by atoms with E-state index in [0.29, 0.717) is 5.56 Å². The highest BCUT2D eigenvalue weighted by Crippen LogP contribution is 2.29. The Morgan fingerprint density at radius 3 is 1.93 bits per heavy atom. The van der Waals surface area contributed by atoms with E-state index in [2.05, 4.69) is 5.32 Å². The fourth-order valence-electron chi connectivity index (χ4n) is 4.87. The van der Waals surface area contributed by atoms with Crippen LogP contribution in [-0.4, -0.2) is 53.3 Å². The first-order chi connectivity index (χ1) is 19.1. The van der Waals surface area contributed by atoms with E-state index in [1.165, 1.54) is 11.8 Å². The SMILES string of the molecule is CC(=O)O[C@@H]1[C@@H]([C@H](Cc2ccccc2)OC(=O)C(F)(F)F)NC(=O)N(Cc2ccccc2)[C@@H]1Cc1ccccc1. The van der Waals surface area contributed by atoms with Gasteiger partial charge in [-0.15, -0.1) is 0 Å². The summed E-state index contributed by atoms with van der Waals surface area (Å²) in [6.45, 7) is 1.34. The van der Waals surface area contributed by atoms with Gasteiger partial charge in [0, 0.05) is 19.9 Å². The molecule has 1 fully saturated rings. The standard InChI is InChI=1S/C30H29F3N2O5/c1-20(36)39-27-24(17-21-11-5-2-6-12-21)35(19-23-15-9-4-10-16-23)29(38)34-26(27)25(40-28(37)30(31,32)33)18-22-13-7-3-8-14-22/h2-16,24-27H,17-19H2,1H3,(H,34,38)/t24-,25+,26-,27+/m1/s1. The van der Waals surface area contributed by atoms with Crippen LogP contribution in [0.5, 0.6) is 0 Å². The van der Waals surface area contributed by atoms with Gasteiger partial charge in [0.05, 0.1) is 6.04 Å². The van der Waals surface area contributed by atoms with Crippen molar-refractivity contribution >= 4 is 18.0 Å². The van der Waals surface area contributed by atoms with E-state index >= 15 is 0 Å². The molecule has 0 aromatic heterocycles. The number of hydrogen-bond donors (Lipinski definition) is 1. The number of nitrogens with one attached hydrogen (secondary N) is 1. The number of carbonyl (C=O) groups is 3. The van der Waals surface area contributed by atoms with Gasteiger partial charge in [0.1, 0.15) is 18.2 Å². The summed E-state index contributed by atoms with van der Waals surface area (Å²) in [5.74, 6) is -3.08. The van der Waals surface area contributed by atoms with Crippen LogP contribution in [0.3, 0.4) is 0 Å². The topological polar surface area (TPSA) is 84.9 Å². The van der Waals surface area contributed by atoms with Gasteiger partial charge in [0.2, 0.25) is 0 Å². The Morgan fingerprint density at radius 1 is 0.875 bits per heavy atom. The maximum absolute atomic E-state index is 13.6. The molecule has 0 spiro atoms. The zero-order chi connectivity index (χ0) is 28.7. The largest absolute Gasteiger partial charge is 0.490 e. The first-order valence-electron chi connectivity index (χ1n) is 12.8. The van der Waals surface area contributed by atoms with E-state index in [1.54, 1.807) is 30.3 Å². The van der Waals surface area contributed by atoms with Gasteiger partial charge in [0.25, 0.3) is 0 Å². The Labute approximate surface area is 229 Å². The van der Waals surface area contributed by atoms with Gasteiger partial charge in [-0.3, -0.25) is 4.79 Å². The third kappa shape index (κ3) is 7.40. The minimum absolute atomic E-state index is 0.151. The fourth-order valence-corrected chi connectivity index (χ4v) is 4.87. The molecule has 0 aliphatic carbocycles. The summed E-state index contributed by atoms with van der Waals surface area (Å²) >= 11 is 0. The highest BCUT2D eigenvalue weighted by atomic mass is 19.4. The van der Waals surface area contributed by atoms with E-state index in [1.807, 2.05) is 60.7 Å². The summed E-state index contributed by atoms with van der Waals surface area (Å²) in [6.07, 6.45) is -7.80. The number of alkyl halides is 3. The molecule has 1 N–H and O–H groups in total. The smallest absolute Gasteiger partial charge is 0.458 e. The van der Waals surface area contributed by atoms with E-state index in [4.69, 9.17) is 9.47 Å². The van der Waals surface area contributed by atoms with Gasteiger partial charge in [-0.25, -0.2) is 9.59 Å². The first kappa shape index (κ1) is 28.7. The van der Waals surface area contributed by atoms with Gasteiger partial charge in [-0.05, 0) is 23.1 Å². The molecule has 3 aromatic rings. The van der Waals surface area contributed by atoms with E-state index in [-0.39, 0.29) is 19.4 Å². The number of rotatable bonds is 9. The summed E-state index contributed by atoms with van der Waals surface area (Å²) in [5.41, 5.74) is 2.20. The summed E-state index contributed by atoms with van der Waals surface area (Å²) in [4.78, 5) is 39.4. The second kappa shape index (κ2) is 12.7. The van der Waals surface area contributed by atoms with Crippen molar-refractivity contribution in [1.82, 2.24) is 10.2 Å². The lowest BCUT2D eigenvalue weighted by Crippen LogP contribution is -2.69. The molecule has 0 bridgehead atoms. The van der Waals surface area contributed by atoms with E-state index < -0.39 is 48.4 Å². The van der Waals surface area contributed by atoms with Gasteiger partial charge < -0.3 is 19.7 Å². The van der Waals surface area contributed by atoms with E-state index in [9.17, 15) is 27.6 Å². The third-order valence-corrected chi connectivity index (χ3v) is 6.64. The first-order valence-corrected chi connectivity index (χ1v) is 12.8. The number of halogens is 3. The molecular weight excluding hydrogens is 525 g/mol. The maximum Gasteiger partial charge on any atom is 0.490 e. The average Bonchev–Trinajstić information content (AvgIpc) is 2.92. The molecule has 1 saturated heterocycles. The van der Waals surface area contributed by atoms with Crippen molar-refractivity contribution in [3.8, 4) is 0 Å². The molecule has 4 atom stereocenters. The number of urea groups is 1. The number of hydrogen-bond acceptors (Lipinski definition) is 5. The number of carbonyl (C=O) groups excluding carboxylic acids is 3. The van der Waals surface area contributed by atoms with Crippen molar-refractivity contribution < 1.29 is 37.0 Å². The molecule has 0 radical (unpaired) electrons. The van der Waals surface area contributed by atoms with Crippen molar-refractivity contribution in [3.63, 3.8) is 0 Å². The minimum Gasteiger partial charge on any atom is -0.458 e. The highest BCUT2D eigenvalue weighted by Gasteiger charge is 2.50. The lowest BCUT2D eigenvalue weighted by atomic mass is 9.87. The average molecular weight is 555 g/mol. The molecule has 0 saturated carbocycles. The Balaban J connectivity index is 1.76. The van der Waals surface area contributed by atoms with Crippen molar-refractivity contribution in [2.75, 3.05) is 0 Å². The van der Waals surface area contributed by atoms with Crippen molar-refractivity contribution in [3.05, 3.63) is 108 Å². The van der Waals surface area contributed by atoms with Crippen LogP contribution < -0.4 is 5.32 Å². The Bertz CT molecular complexity index is 1290. The molecule has 10 heteroatoms. The predicted octanol–water partition coefficient (Wildman–Crippen LogP) is 4.84. The van der Waals surface area contributed by atoms with Gasteiger partial charge in [-0.2, -0.15) is 13.2 Å². The maximum atomic E-state index is 13.6. The van der Waals surface area contributed by atoms with Crippen molar-refractivity contribution in [1.29, 1.82) is 0 Å². The second-order valence-electron chi connectivity index (χ2n) is 9.55. The zero-order valence-corrected chi connectivity index (χ0v) is 21.7. The molecule has 1 aliphatic rings. The summed E-state index contributed by atoms with van der Waals surface area (Å²) in [5, 5.41) is 2.70. The van der Waals surface area contributed by atoms with Crippen molar-refractivity contribution in [2.24, 2.45) is 0 Å². The monoisotopic (exact) mass is 554 g/mol. The van der Waals surface area contributed by atoms with Gasteiger partial charge in [0.15, 0.2) is 0 Å². The molecule has 2 amide bonds. The number of nitrogens with zero attached hydrogens (tertiary/aromatic N) is 1.